The molecular weight excluding hydrogens is 280 g/mol. The Balaban J connectivity index is 2.66. The Labute approximate surface area is 130 Å². The van der Waals surface area contributed by atoms with Crippen molar-refractivity contribution < 1.29 is 19.1 Å². The van der Waals surface area contributed by atoms with E-state index < -0.39 is 17.9 Å². The molecule has 2 rings (SSSR count). The third kappa shape index (κ3) is 2.82. The average molecular weight is 300 g/mol. The van der Waals surface area contributed by atoms with Crippen LogP contribution in [0.3, 0.4) is 0 Å². The van der Waals surface area contributed by atoms with Gasteiger partial charge in [-0.1, -0.05) is 41.5 Å². The molecule has 116 valence electrons. The number of methoxy groups -OCH3 is 2. The Bertz CT molecular complexity index is 615. The zero-order valence-electron chi connectivity index (χ0n) is 13.3. The molecule has 0 atom stereocenters. The Morgan fingerprint density at radius 1 is 0.909 bits per heavy atom. The Hall–Kier alpha value is -2.36. The number of hydrogen-bond donors (Lipinski definition) is 0. The van der Waals surface area contributed by atoms with Crippen molar-refractivity contribution in [2.45, 2.75) is 26.2 Å². The van der Waals surface area contributed by atoms with Crippen molar-refractivity contribution in [2.75, 3.05) is 14.2 Å². The van der Waals surface area contributed by atoms with Crippen LogP contribution in [0.4, 0.5) is 0 Å². The summed E-state index contributed by atoms with van der Waals surface area (Å²) < 4.78 is 9.87. The summed E-state index contributed by atoms with van der Waals surface area (Å²) >= 11 is 0. The second-order valence-corrected chi connectivity index (χ2v) is 5.39. The van der Waals surface area contributed by atoms with Crippen LogP contribution in [0.25, 0.3) is 0 Å². The molecule has 4 heteroatoms. The van der Waals surface area contributed by atoms with E-state index in [1.54, 1.807) is 0 Å². The second kappa shape index (κ2) is 6.60. The molecule has 0 saturated heterocycles. The number of benzene rings is 1. The molecule has 0 radical (unpaired) electrons. The Morgan fingerprint density at radius 3 is 1.77 bits per heavy atom. The number of hydrogen-bond acceptors (Lipinski definition) is 4. The van der Waals surface area contributed by atoms with E-state index in [4.69, 9.17) is 9.47 Å². The highest BCUT2D eigenvalue weighted by Gasteiger charge is 2.36. The average Bonchev–Trinajstić information content (AvgIpc) is 2.53. The first kappa shape index (κ1) is 16.0. The van der Waals surface area contributed by atoms with E-state index in [9.17, 15) is 9.59 Å². The zero-order chi connectivity index (χ0) is 16.3. The highest BCUT2D eigenvalue weighted by molar-refractivity contribution is 6.00. The molecule has 0 spiro atoms. The molecule has 4 nitrogen and oxygen atoms in total. The summed E-state index contributed by atoms with van der Waals surface area (Å²) in [5.41, 5.74) is 3.78. The molecular formula is C18H20O4. The lowest BCUT2D eigenvalue weighted by Crippen LogP contribution is -2.25. The van der Waals surface area contributed by atoms with Gasteiger partial charge in [0.15, 0.2) is 0 Å². The molecule has 22 heavy (non-hydrogen) atoms. The summed E-state index contributed by atoms with van der Waals surface area (Å²) in [5, 5.41) is 0. The van der Waals surface area contributed by atoms with Gasteiger partial charge in [0.1, 0.15) is 0 Å². The fourth-order valence-electron chi connectivity index (χ4n) is 3.01. The topological polar surface area (TPSA) is 52.6 Å². The highest BCUT2D eigenvalue weighted by Crippen LogP contribution is 2.42. The van der Waals surface area contributed by atoms with Gasteiger partial charge in [0.05, 0.1) is 14.2 Å². The first-order chi connectivity index (χ1) is 10.5. The summed E-state index contributed by atoms with van der Waals surface area (Å²) in [6.45, 7) is 3.81. The lowest BCUT2D eigenvalue weighted by Gasteiger charge is -2.29. The summed E-state index contributed by atoms with van der Waals surface area (Å²) in [6.07, 6.45) is 0.568. The molecule has 0 amide bonds. The first-order valence-electron chi connectivity index (χ1n) is 7.12. The quantitative estimate of drug-likeness (QED) is 0.805. The van der Waals surface area contributed by atoms with Gasteiger partial charge in [-0.2, -0.15) is 0 Å². The molecule has 1 aromatic carbocycles. The minimum atomic E-state index is -0.449. The number of ether oxygens (including phenoxy) is 2. The van der Waals surface area contributed by atoms with Gasteiger partial charge in [0, 0.05) is 17.1 Å². The van der Waals surface area contributed by atoms with Crippen LogP contribution in [0.5, 0.6) is 0 Å². The Kier molecular flexibility index (Phi) is 4.81. The van der Waals surface area contributed by atoms with Gasteiger partial charge in [-0.05, 0) is 25.8 Å². The highest BCUT2D eigenvalue weighted by atomic mass is 16.5. The second-order valence-electron chi connectivity index (χ2n) is 5.39. The fraction of sp³-hybridized carbons (Fsp3) is 0.333. The van der Waals surface area contributed by atoms with Crippen molar-refractivity contribution in [3.05, 3.63) is 58.2 Å². The van der Waals surface area contributed by atoms with Crippen LogP contribution < -0.4 is 0 Å². The van der Waals surface area contributed by atoms with Crippen LogP contribution in [-0.2, 0) is 19.1 Å². The molecule has 0 aliphatic heterocycles. The monoisotopic (exact) mass is 300 g/mol. The third-order valence-corrected chi connectivity index (χ3v) is 3.97. The summed E-state index contributed by atoms with van der Waals surface area (Å²) in [5.74, 6) is -1.25. The maximum atomic E-state index is 12.3. The number of rotatable bonds is 3. The fourth-order valence-corrected chi connectivity index (χ4v) is 3.01. The summed E-state index contributed by atoms with van der Waals surface area (Å²) in [4.78, 5) is 24.5. The maximum absolute atomic E-state index is 12.3. The molecule has 1 aliphatic carbocycles. The van der Waals surface area contributed by atoms with Crippen LogP contribution >= 0.6 is 0 Å². The predicted octanol–water partition coefficient (Wildman–Crippen LogP) is 3.15. The van der Waals surface area contributed by atoms with E-state index in [1.165, 1.54) is 14.2 Å². The van der Waals surface area contributed by atoms with Crippen molar-refractivity contribution in [1.82, 2.24) is 0 Å². The molecule has 0 saturated carbocycles. The van der Waals surface area contributed by atoms with E-state index in [1.807, 2.05) is 44.2 Å². The number of carbonyl (C=O) groups excluding carboxylic acids is 2. The van der Waals surface area contributed by atoms with E-state index in [2.05, 4.69) is 0 Å². The number of esters is 2. The van der Waals surface area contributed by atoms with Gasteiger partial charge >= 0.3 is 11.9 Å². The van der Waals surface area contributed by atoms with E-state index >= 15 is 0 Å². The number of allylic oxidation sites excluding steroid dienone is 2. The lowest BCUT2D eigenvalue weighted by molar-refractivity contribution is -0.137. The largest absolute Gasteiger partial charge is 0.466 e. The third-order valence-electron chi connectivity index (χ3n) is 3.97. The normalized spacial score (nSPS) is 15.8. The van der Waals surface area contributed by atoms with Crippen molar-refractivity contribution in [2.24, 2.45) is 0 Å². The van der Waals surface area contributed by atoms with Gasteiger partial charge in [0.25, 0.3) is 0 Å². The smallest absolute Gasteiger partial charge is 0.334 e. The van der Waals surface area contributed by atoms with Crippen molar-refractivity contribution in [3.8, 4) is 0 Å². The van der Waals surface area contributed by atoms with Crippen LogP contribution in [0.1, 0.15) is 31.7 Å². The van der Waals surface area contributed by atoms with E-state index in [0.29, 0.717) is 17.6 Å². The van der Waals surface area contributed by atoms with Gasteiger partial charge < -0.3 is 9.47 Å². The van der Waals surface area contributed by atoms with E-state index in [0.717, 1.165) is 16.7 Å². The molecule has 1 aliphatic rings. The maximum Gasteiger partial charge on any atom is 0.334 e. The Morgan fingerprint density at radius 2 is 1.36 bits per heavy atom. The van der Waals surface area contributed by atoms with E-state index in [-0.39, 0.29) is 0 Å². The van der Waals surface area contributed by atoms with Gasteiger partial charge in [-0.3, -0.25) is 0 Å². The predicted molar refractivity (Wildman–Crippen MR) is 83.2 cm³/mol. The van der Waals surface area contributed by atoms with Crippen LogP contribution in [0.15, 0.2) is 52.6 Å². The molecule has 1 aromatic rings. The van der Waals surface area contributed by atoms with Gasteiger partial charge in [0.2, 0.25) is 0 Å². The molecule has 0 heterocycles. The minimum Gasteiger partial charge on any atom is -0.466 e. The molecule has 0 N–H and O–H groups in total. The minimum absolute atomic E-state index is 0.403. The van der Waals surface area contributed by atoms with Crippen LogP contribution in [0, 0.1) is 0 Å². The summed E-state index contributed by atoms with van der Waals surface area (Å²) in [6, 6.07) is 9.48. The van der Waals surface area contributed by atoms with Crippen molar-refractivity contribution >= 4 is 11.9 Å². The van der Waals surface area contributed by atoms with Crippen molar-refractivity contribution in [1.29, 1.82) is 0 Å². The molecule has 0 fully saturated rings. The van der Waals surface area contributed by atoms with Crippen LogP contribution in [0.2, 0.25) is 0 Å². The SMILES string of the molecule is COC(=O)C1=C(C)CC(C)=C(C(=O)OC)C1c1ccccc1. The van der Waals surface area contributed by atoms with Gasteiger partial charge in [-0.15, -0.1) is 0 Å². The number of carbonyl (C=O) groups is 2. The summed E-state index contributed by atoms with van der Waals surface area (Å²) in [7, 11) is 2.71. The standard InChI is InChI=1S/C18H20O4/c1-11-10-12(2)15(18(20)22-4)16(14(11)17(19)21-3)13-8-6-5-7-9-13/h5-9,16H,10H2,1-4H3. The molecule has 0 aromatic heterocycles. The first-order valence-corrected chi connectivity index (χ1v) is 7.12. The molecule has 0 bridgehead atoms. The zero-order valence-corrected chi connectivity index (χ0v) is 13.3. The van der Waals surface area contributed by atoms with Crippen LogP contribution in [-0.4, -0.2) is 26.2 Å². The van der Waals surface area contributed by atoms with Gasteiger partial charge in [-0.25, -0.2) is 9.59 Å². The molecule has 0 unspecified atom stereocenters. The van der Waals surface area contributed by atoms with Crippen molar-refractivity contribution in [3.63, 3.8) is 0 Å². The lowest BCUT2D eigenvalue weighted by atomic mass is 9.75.